The second-order valence-electron chi connectivity index (χ2n) is 7.98. The van der Waals surface area contributed by atoms with Crippen molar-refractivity contribution in [3.8, 4) is 0 Å². The van der Waals surface area contributed by atoms with Crippen molar-refractivity contribution in [1.29, 1.82) is 0 Å². The van der Waals surface area contributed by atoms with Crippen LogP contribution in [0.25, 0.3) is 0 Å². The van der Waals surface area contributed by atoms with E-state index in [0.717, 1.165) is 12.8 Å². The van der Waals surface area contributed by atoms with E-state index in [-0.39, 0.29) is 30.1 Å². The monoisotopic (exact) mass is 422 g/mol. The first-order chi connectivity index (χ1) is 14.4. The molecule has 0 bridgehead atoms. The summed E-state index contributed by atoms with van der Waals surface area (Å²) in [4.78, 5) is 35.2. The summed E-state index contributed by atoms with van der Waals surface area (Å²) in [5.74, 6) is -0.940. The maximum absolute atomic E-state index is 12.5. The summed E-state index contributed by atoms with van der Waals surface area (Å²) in [6, 6.07) is 0. The van der Waals surface area contributed by atoms with Gasteiger partial charge in [-0.1, -0.05) is 50.5 Å². The predicted molar refractivity (Wildman–Crippen MR) is 116 cm³/mol. The largest absolute Gasteiger partial charge is 0.466 e. The maximum atomic E-state index is 12.5. The van der Waals surface area contributed by atoms with Gasteiger partial charge in [-0.3, -0.25) is 9.59 Å². The zero-order valence-corrected chi connectivity index (χ0v) is 18.7. The molecule has 1 unspecified atom stereocenters. The molecule has 170 valence electrons. The molecule has 0 heterocycles. The number of allylic oxidation sites excluding steroid dienone is 4. The highest BCUT2D eigenvalue weighted by Gasteiger charge is 2.39. The van der Waals surface area contributed by atoms with Crippen LogP contribution in [0.5, 0.6) is 0 Å². The van der Waals surface area contributed by atoms with E-state index in [0.29, 0.717) is 25.7 Å². The average Bonchev–Trinajstić information content (AvgIpc) is 3.03. The van der Waals surface area contributed by atoms with Crippen LogP contribution < -0.4 is 0 Å². The van der Waals surface area contributed by atoms with Gasteiger partial charge in [0.05, 0.1) is 7.11 Å². The highest BCUT2D eigenvalue weighted by atomic mass is 16.6. The molecule has 1 fully saturated rings. The number of carbonyl (C=O) groups is 3. The van der Waals surface area contributed by atoms with Crippen molar-refractivity contribution in [3.05, 3.63) is 24.3 Å². The van der Waals surface area contributed by atoms with Crippen molar-refractivity contribution in [2.75, 3.05) is 13.7 Å². The minimum Gasteiger partial charge on any atom is -0.466 e. The number of rotatable bonds is 14. The third-order valence-corrected chi connectivity index (χ3v) is 5.63. The fraction of sp³-hybridized carbons (Fsp3) is 0.708. The number of carbonyl (C=O) groups excluding carboxylic acids is 3. The van der Waals surface area contributed by atoms with Gasteiger partial charge < -0.3 is 14.6 Å². The lowest BCUT2D eigenvalue weighted by atomic mass is 9.86. The third kappa shape index (κ3) is 9.24. The van der Waals surface area contributed by atoms with Gasteiger partial charge in [-0.25, -0.2) is 4.79 Å². The molecule has 0 aliphatic heterocycles. The Bertz CT molecular complexity index is 595. The van der Waals surface area contributed by atoms with Gasteiger partial charge in [0.2, 0.25) is 0 Å². The van der Waals surface area contributed by atoms with Crippen molar-refractivity contribution in [2.24, 2.45) is 17.8 Å². The van der Waals surface area contributed by atoms with Crippen LogP contribution >= 0.6 is 0 Å². The van der Waals surface area contributed by atoms with Crippen molar-refractivity contribution >= 4 is 17.7 Å². The Kier molecular flexibility index (Phi) is 13.0. The van der Waals surface area contributed by atoms with E-state index in [1.165, 1.54) is 33.3 Å². The van der Waals surface area contributed by atoms with Crippen LogP contribution in [0.3, 0.4) is 0 Å². The summed E-state index contributed by atoms with van der Waals surface area (Å²) in [5, 5.41) is 9.67. The van der Waals surface area contributed by atoms with Crippen LogP contribution in [0.1, 0.15) is 71.6 Å². The molecule has 0 radical (unpaired) electrons. The SMILES string of the molecule is CCCCCC/C=C/[C@H]1[C@H](CO)CC(=O)[C@@H]1C/C=C\CCC(OC(C)=O)C(=O)OC. The van der Waals surface area contributed by atoms with Crippen LogP contribution in [-0.4, -0.2) is 42.6 Å². The van der Waals surface area contributed by atoms with Crippen LogP contribution in [0, 0.1) is 17.8 Å². The lowest BCUT2D eigenvalue weighted by Crippen LogP contribution is -2.27. The van der Waals surface area contributed by atoms with Crippen molar-refractivity contribution in [1.82, 2.24) is 0 Å². The minimum atomic E-state index is -0.910. The summed E-state index contributed by atoms with van der Waals surface area (Å²) >= 11 is 0. The van der Waals surface area contributed by atoms with Crippen molar-refractivity contribution in [3.63, 3.8) is 0 Å². The zero-order chi connectivity index (χ0) is 22.4. The fourth-order valence-corrected chi connectivity index (χ4v) is 3.96. The topological polar surface area (TPSA) is 89.9 Å². The average molecular weight is 423 g/mol. The van der Waals surface area contributed by atoms with Crippen LogP contribution in [0.2, 0.25) is 0 Å². The van der Waals surface area contributed by atoms with E-state index in [4.69, 9.17) is 4.74 Å². The first-order valence-corrected chi connectivity index (χ1v) is 11.1. The minimum absolute atomic E-state index is 0.00420. The smallest absolute Gasteiger partial charge is 0.347 e. The summed E-state index contributed by atoms with van der Waals surface area (Å²) in [7, 11) is 1.26. The molecule has 6 nitrogen and oxygen atoms in total. The number of ether oxygens (including phenoxy) is 2. The summed E-state index contributed by atoms with van der Waals surface area (Å²) in [5.41, 5.74) is 0. The Balaban J connectivity index is 2.56. The van der Waals surface area contributed by atoms with Gasteiger partial charge in [-0.2, -0.15) is 0 Å². The van der Waals surface area contributed by atoms with E-state index < -0.39 is 18.0 Å². The molecule has 1 aliphatic carbocycles. The molecule has 0 aromatic carbocycles. The molecular formula is C24H38O6. The molecule has 30 heavy (non-hydrogen) atoms. The summed E-state index contributed by atoms with van der Waals surface area (Å²) in [6.07, 6.45) is 15.0. The van der Waals surface area contributed by atoms with Crippen molar-refractivity contribution in [2.45, 2.75) is 77.7 Å². The molecule has 0 amide bonds. The van der Waals surface area contributed by atoms with E-state index >= 15 is 0 Å². The van der Waals surface area contributed by atoms with E-state index in [2.05, 4.69) is 23.8 Å². The number of aliphatic hydroxyl groups excluding tert-OH is 1. The van der Waals surface area contributed by atoms with Gasteiger partial charge in [-0.05, 0) is 43.9 Å². The van der Waals surface area contributed by atoms with Crippen molar-refractivity contribution < 1.29 is 29.0 Å². The quantitative estimate of drug-likeness (QED) is 0.257. The second kappa shape index (κ2) is 14.9. The van der Waals surface area contributed by atoms with Crippen LogP contribution in [0.15, 0.2) is 24.3 Å². The first kappa shape index (κ1) is 26.1. The number of Topliss-reactive ketones (excluding diaryl/α,β-unsaturated/α-hetero) is 1. The molecule has 1 aliphatic rings. The number of methoxy groups -OCH3 is 1. The second-order valence-corrected chi connectivity index (χ2v) is 7.98. The Morgan fingerprint density at radius 3 is 2.57 bits per heavy atom. The predicted octanol–water partition coefficient (Wildman–Crippen LogP) is 4.16. The van der Waals surface area contributed by atoms with Gasteiger partial charge >= 0.3 is 11.9 Å². The fourth-order valence-electron chi connectivity index (χ4n) is 3.96. The zero-order valence-electron chi connectivity index (χ0n) is 18.7. The molecule has 1 rings (SSSR count). The van der Waals surface area contributed by atoms with Gasteiger partial charge in [0.1, 0.15) is 5.78 Å². The van der Waals surface area contributed by atoms with Gasteiger partial charge in [0, 0.05) is 25.9 Å². The number of hydrogen-bond donors (Lipinski definition) is 1. The highest BCUT2D eigenvalue weighted by molar-refractivity contribution is 5.84. The summed E-state index contributed by atoms with van der Waals surface area (Å²) in [6.45, 7) is 3.47. The van der Waals surface area contributed by atoms with Crippen LogP contribution in [-0.2, 0) is 23.9 Å². The molecule has 0 aromatic heterocycles. The molecule has 0 spiro atoms. The normalized spacial score (nSPS) is 22.7. The molecular weight excluding hydrogens is 384 g/mol. The third-order valence-electron chi connectivity index (χ3n) is 5.63. The number of hydrogen-bond acceptors (Lipinski definition) is 6. The lowest BCUT2D eigenvalue weighted by Gasteiger charge is -2.18. The molecule has 4 atom stereocenters. The van der Waals surface area contributed by atoms with Gasteiger partial charge in [0.15, 0.2) is 6.10 Å². The molecule has 0 saturated heterocycles. The Morgan fingerprint density at radius 2 is 1.93 bits per heavy atom. The maximum Gasteiger partial charge on any atom is 0.347 e. The number of ketones is 1. The molecule has 1 N–H and O–H groups in total. The number of esters is 2. The highest BCUT2D eigenvalue weighted by Crippen LogP contribution is 2.37. The number of aliphatic hydroxyl groups is 1. The lowest BCUT2D eigenvalue weighted by molar-refractivity contribution is -0.165. The van der Waals surface area contributed by atoms with Crippen LogP contribution in [0.4, 0.5) is 0 Å². The first-order valence-electron chi connectivity index (χ1n) is 11.1. The van der Waals surface area contributed by atoms with E-state index in [1.807, 2.05) is 12.2 Å². The van der Waals surface area contributed by atoms with E-state index in [9.17, 15) is 19.5 Å². The van der Waals surface area contributed by atoms with E-state index in [1.54, 1.807) is 0 Å². The Morgan fingerprint density at radius 1 is 1.17 bits per heavy atom. The van der Waals surface area contributed by atoms with Gasteiger partial charge in [0.25, 0.3) is 0 Å². The molecule has 6 heteroatoms. The summed E-state index contributed by atoms with van der Waals surface area (Å²) < 4.78 is 9.64. The molecule has 1 saturated carbocycles. The standard InChI is InChI=1S/C24H38O6/c1-4-5-6-7-8-10-13-20-19(17-25)16-22(27)21(20)14-11-9-12-15-23(24(28)29-3)30-18(2)26/h9-11,13,19-21,23,25H,4-8,12,14-17H2,1-3H3/b11-9-,13-10+/t19-,20-,21+,23?/m0/s1. The Labute approximate surface area is 180 Å². The van der Waals surface area contributed by atoms with Gasteiger partial charge in [-0.15, -0.1) is 0 Å². The number of unbranched alkanes of at least 4 members (excludes halogenated alkanes) is 4. The Hall–Kier alpha value is -1.95. The molecule has 0 aromatic rings.